The van der Waals surface area contributed by atoms with Crippen molar-refractivity contribution in [2.75, 3.05) is 13.2 Å². The molecule has 4 nitrogen and oxygen atoms in total. The zero-order valence-corrected chi connectivity index (χ0v) is 10.1. The third kappa shape index (κ3) is 3.43. The van der Waals surface area contributed by atoms with Crippen molar-refractivity contribution in [1.29, 1.82) is 0 Å². The molecule has 1 aromatic rings. The molecule has 0 saturated carbocycles. The molecule has 0 aliphatic carbocycles. The minimum absolute atomic E-state index is 0.215. The summed E-state index contributed by atoms with van der Waals surface area (Å²) in [6.45, 7) is 0.976. The SMILES string of the molecule is NC(=O)C1CNC(Cc2ccc(Cl)cc2)CO1. The number of hydrogen-bond acceptors (Lipinski definition) is 3. The third-order valence-electron chi connectivity index (χ3n) is 2.80. The first-order valence-electron chi connectivity index (χ1n) is 5.54. The number of primary amides is 1. The van der Waals surface area contributed by atoms with Gasteiger partial charge in [0.05, 0.1) is 6.61 Å². The minimum atomic E-state index is -0.503. The molecule has 1 aromatic carbocycles. The van der Waals surface area contributed by atoms with Crippen molar-refractivity contribution in [3.8, 4) is 0 Å². The van der Waals surface area contributed by atoms with E-state index in [2.05, 4.69) is 5.32 Å². The highest BCUT2D eigenvalue weighted by Gasteiger charge is 2.24. The fourth-order valence-electron chi connectivity index (χ4n) is 1.84. The zero-order valence-electron chi connectivity index (χ0n) is 9.36. The van der Waals surface area contributed by atoms with Gasteiger partial charge in [0, 0.05) is 17.6 Å². The second-order valence-corrected chi connectivity index (χ2v) is 4.60. The molecule has 1 aliphatic heterocycles. The van der Waals surface area contributed by atoms with Gasteiger partial charge in [-0.15, -0.1) is 0 Å². The number of amides is 1. The van der Waals surface area contributed by atoms with Crippen LogP contribution in [-0.4, -0.2) is 31.2 Å². The molecule has 92 valence electrons. The van der Waals surface area contributed by atoms with Crippen molar-refractivity contribution in [3.05, 3.63) is 34.9 Å². The summed E-state index contributed by atoms with van der Waals surface area (Å²) in [5, 5.41) is 3.99. The summed E-state index contributed by atoms with van der Waals surface area (Å²) in [7, 11) is 0. The zero-order chi connectivity index (χ0) is 12.3. The second-order valence-electron chi connectivity index (χ2n) is 4.16. The summed E-state index contributed by atoms with van der Waals surface area (Å²) >= 11 is 5.82. The van der Waals surface area contributed by atoms with Gasteiger partial charge in [0.25, 0.3) is 0 Å². The second kappa shape index (κ2) is 5.49. The van der Waals surface area contributed by atoms with Gasteiger partial charge in [0.2, 0.25) is 5.91 Å². The quantitative estimate of drug-likeness (QED) is 0.836. The van der Waals surface area contributed by atoms with Crippen LogP contribution in [0.4, 0.5) is 0 Å². The van der Waals surface area contributed by atoms with E-state index in [4.69, 9.17) is 22.1 Å². The monoisotopic (exact) mass is 254 g/mol. The molecule has 0 radical (unpaired) electrons. The van der Waals surface area contributed by atoms with E-state index in [-0.39, 0.29) is 6.04 Å². The Morgan fingerprint density at radius 1 is 1.47 bits per heavy atom. The molecular weight excluding hydrogens is 240 g/mol. The fourth-order valence-corrected chi connectivity index (χ4v) is 1.97. The number of rotatable bonds is 3. The van der Waals surface area contributed by atoms with Crippen LogP contribution in [-0.2, 0) is 16.0 Å². The van der Waals surface area contributed by atoms with Crippen LogP contribution < -0.4 is 11.1 Å². The van der Waals surface area contributed by atoms with E-state index in [1.54, 1.807) is 0 Å². The smallest absolute Gasteiger partial charge is 0.247 e. The van der Waals surface area contributed by atoms with Crippen molar-refractivity contribution in [2.45, 2.75) is 18.6 Å². The molecule has 1 heterocycles. The number of carbonyl (C=O) groups excluding carboxylic acids is 1. The molecule has 0 bridgehead atoms. The first-order valence-corrected chi connectivity index (χ1v) is 5.91. The Kier molecular flexibility index (Phi) is 3.99. The maximum Gasteiger partial charge on any atom is 0.247 e. The van der Waals surface area contributed by atoms with Gasteiger partial charge in [-0.1, -0.05) is 23.7 Å². The van der Waals surface area contributed by atoms with E-state index in [9.17, 15) is 4.79 Å². The number of benzene rings is 1. The topological polar surface area (TPSA) is 64.4 Å². The molecule has 5 heteroatoms. The van der Waals surface area contributed by atoms with Crippen LogP contribution in [0, 0.1) is 0 Å². The third-order valence-corrected chi connectivity index (χ3v) is 3.06. The molecule has 1 fully saturated rings. The van der Waals surface area contributed by atoms with Gasteiger partial charge in [0.15, 0.2) is 0 Å². The number of nitrogens with one attached hydrogen (secondary N) is 1. The number of morpholine rings is 1. The lowest BCUT2D eigenvalue weighted by Crippen LogP contribution is -2.51. The van der Waals surface area contributed by atoms with Gasteiger partial charge >= 0.3 is 0 Å². The van der Waals surface area contributed by atoms with Gasteiger partial charge in [-0.05, 0) is 24.1 Å². The van der Waals surface area contributed by atoms with Gasteiger partial charge in [-0.3, -0.25) is 4.79 Å². The Morgan fingerprint density at radius 3 is 2.71 bits per heavy atom. The van der Waals surface area contributed by atoms with Gasteiger partial charge in [-0.25, -0.2) is 0 Å². The predicted molar refractivity (Wildman–Crippen MR) is 65.9 cm³/mol. The molecule has 1 aliphatic rings. The molecule has 2 unspecified atom stereocenters. The van der Waals surface area contributed by atoms with Crippen LogP contribution in [0.3, 0.4) is 0 Å². The average molecular weight is 255 g/mol. The summed E-state index contributed by atoms with van der Waals surface area (Å²) in [5.41, 5.74) is 6.35. The summed E-state index contributed by atoms with van der Waals surface area (Å²) in [6.07, 6.45) is 0.347. The predicted octanol–water partition coefficient (Wildman–Crippen LogP) is 0.725. The van der Waals surface area contributed by atoms with Crippen molar-refractivity contribution in [1.82, 2.24) is 5.32 Å². The van der Waals surface area contributed by atoms with E-state index >= 15 is 0 Å². The molecule has 17 heavy (non-hydrogen) atoms. The molecule has 3 N–H and O–H groups in total. The van der Waals surface area contributed by atoms with Crippen LogP contribution in [0.5, 0.6) is 0 Å². The first kappa shape index (κ1) is 12.4. The van der Waals surface area contributed by atoms with Crippen LogP contribution in [0.1, 0.15) is 5.56 Å². The molecule has 1 amide bonds. The Bertz CT molecular complexity index is 386. The standard InChI is InChI=1S/C12H15ClN2O2/c13-9-3-1-8(2-4-9)5-10-7-17-11(6-15-10)12(14)16/h1-4,10-11,15H,5-7H2,(H2,14,16). The van der Waals surface area contributed by atoms with Crippen molar-refractivity contribution >= 4 is 17.5 Å². The highest BCUT2D eigenvalue weighted by Crippen LogP contribution is 2.12. The van der Waals surface area contributed by atoms with E-state index in [1.807, 2.05) is 24.3 Å². The van der Waals surface area contributed by atoms with Crippen molar-refractivity contribution in [2.24, 2.45) is 5.73 Å². The number of hydrogen-bond donors (Lipinski definition) is 2. The number of nitrogens with two attached hydrogens (primary N) is 1. The maximum atomic E-state index is 10.9. The van der Waals surface area contributed by atoms with E-state index in [0.29, 0.717) is 13.2 Å². The summed E-state index contributed by atoms with van der Waals surface area (Å²) in [5.74, 6) is -0.414. The summed E-state index contributed by atoms with van der Waals surface area (Å²) in [4.78, 5) is 10.9. The Balaban J connectivity index is 1.85. The van der Waals surface area contributed by atoms with E-state index < -0.39 is 12.0 Å². The first-order chi connectivity index (χ1) is 8.15. The molecule has 1 saturated heterocycles. The number of carbonyl (C=O) groups is 1. The van der Waals surface area contributed by atoms with Crippen molar-refractivity contribution < 1.29 is 9.53 Å². The van der Waals surface area contributed by atoms with Crippen LogP contribution in [0.2, 0.25) is 5.02 Å². The lowest BCUT2D eigenvalue weighted by atomic mass is 10.1. The Labute approximate surface area is 105 Å². The van der Waals surface area contributed by atoms with Gasteiger partial charge in [-0.2, -0.15) is 0 Å². The normalized spacial score (nSPS) is 24.5. The van der Waals surface area contributed by atoms with E-state index in [1.165, 1.54) is 5.56 Å². The van der Waals surface area contributed by atoms with Crippen molar-refractivity contribution in [3.63, 3.8) is 0 Å². The lowest BCUT2D eigenvalue weighted by molar-refractivity contribution is -0.132. The maximum absolute atomic E-state index is 10.9. The largest absolute Gasteiger partial charge is 0.367 e. The summed E-state index contributed by atoms with van der Waals surface area (Å²) in [6, 6.07) is 7.93. The van der Waals surface area contributed by atoms with E-state index in [0.717, 1.165) is 11.4 Å². The lowest BCUT2D eigenvalue weighted by Gasteiger charge is -2.28. The summed E-state index contributed by atoms with van der Waals surface area (Å²) < 4.78 is 5.38. The highest BCUT2D eigenvalue weighted by atomic mass is 35.5. The minimum Gasteiger partial charge on any atom is -0.367 e. The fraction of sp³-hybridized carbons (Fsp3) is 0.417. The van der Waals surface area contributed by atoms with Crippen LogP contribution in [0.25, 0.3) is 0 Å². The Hall–Kier alpha value is -1.10. The van der Waals surface area contributed by atoms with Crippen LogP contribution in [0.15, 0.2) is 24.3 Å². The van der Waals surface area contributed by atoms with Gasteiger partial charge < -0.3 is 15.8 Å². The number of ether oxygens (including phenoxy) is 1. The van der Waals surface area contributed by atoms with Crippen LogP contribution >= 0.6 is 11.6 Å². The molecule has 0 aromatic heterocycles. The molecule has 2 rings (SSSR count). The van der Waals surface area contributed by atoms with Gasteiger partial charge in [0.1, 0.15) is 6.10 Å². The molecule has 2 atom stereocenters. The molecular formula is C12H15ClN2O2. The number of halogens is 1. The average Bonchev–Trinajstić information content (AvgIpc) is 2.33. The highest BCUT2D eigenvalue weighted by molar-refractivity contribution is 6.30. The Morgan fingerprint density at radius 2 is 2.18 bits per heavy atom. The molecule has 0 spiro atoms.